The van der Waals surface area contributed by atoms with Crippen LogP contribution in [-0.2, 0) is 4.79 Å². The summed E-state index contributed by atoms with van der Waals surface area (Å²) >= 11 is 13.5. The van der Waals surface area contributed by atoms with Gasteiger partial charge in [-0.2, -0.15) is 0 Å². The molecule has 0 saturated heterocycles. The molecule has 2 aromatic carbocycles. The summed E-state index contributed by atoms with van der Waals surface area (Å²) in [6.45, 7) is 0. The highest BCUT2D eigenvalue weighted by Gasteiger charge is 2.13. The molecule has 0 unspecified atom stereocenters. The smallest absolute Gasteiger partial charge is 0.307 e. The number of carbonyl (C=O) groups is 1. The van der Waals surface area contributed by atoms with E-state index in [4.69, 9.17) is 23.2 Å². The van der Waals surface area contributed by atoms with Crippen molar-refractivity contribution in [1.29, 1.82) is 0 Å². The Balaban J connectivity index is 2.09. The van der Waals surface area contributed by atoms with Gasteiger partial charge in [0.05, 0.1) is 16.6 Å². The molecule has 0 aliphatic rings. The standard InChI is InChI=1S/C17H11Cl2NO2S/c18-12-6-5-10(13(19)9-12)7-11(8-16(21)22)17-20-14-3-1-2-4-15(14)23-17/h1-7,9H,8H2,(H,21,22). The van der Waals surface area contributed by atoms with Crippen LogP contribution in [0.3, 0.4) is 0 Å². The fourth-order valence-electron chi connectivity index (χ4n) is 2.17. The topological polar surface area (TPSA) is 50.2 Å². The third kappa shape index (κ3) is 3.72. The summed E-state index contributed by atoms with van der Waals surface area (Å²) in [6.07, 6.45) is 1.63. The number of aromatic nitrogens is 1. The Labute approximate surface area is 146 Å². The van der Waals surface area contributed by atoms with E-state index in [1.54, 1.807) is 24.3 Å². The highest BCUT2D eigenvalue weighted by molar-refractivity contribution is 7.19. The first-order valence-corrected chi connectivity index (χ1v) is 8.33. The minimum absolute atomic E-state index is 0.126. The second kappa shape index (κ2) is 6.71. The van der Waals surface area contributed by atoms with E-state index in [1.807, 2.05) is 24.3 Å². The van der Waals surface area contributed by atoms with E-state index in [9.17, 15) is 9.90 Å². The van der Waals surface area contributed by atoms with Gasteiger partial charge in [0.15, 0.2) is 0 Å². The van der Waals surface area contributed by atoms with Crippen molar-refractivity contribution in [3.05, 3.63) is 63.1 Å². The lowest BCUT2D eigenvalue weighted by molar-refractivity contribution is -0.135. The van der Waals surface area contributed by atoms with Crippen LogP contribution in [0.15, 0.2) is 42.5 Å². The van der Waals surface area contributed by atoms with Crippen molar-refractivity contribution in [3.8, 4) is 0 Å². The van der Waals surface area contributed by atoms with Crippen molar-refractivity contribution in [3.63, 3.8) is 0 Å². The fourth-order valence-corrected chi connectivity index (χ4v) is 3.61. The van der Waals surface area contributed by atoms with Gasteiger partial charge >= 0.3 is 5.97 Å². The highest BCUT2D eigenvalue weighted by atomic mass is 35.5. The van der Waals surface area contributed by atoms with E-state index in [0.29, 0.717) is 26.2 Å². The molecule has 116 valence electrons. The minimum atomic E-state index is -0.916. The molecule has 0 spiro atoms. The Bertz CT molecular complexity index is 885. The monoisotopic (exact) mass is 363 g/mol. The van der Waals surface area contributed by atoms with Crippen LogP contribution < -0.4 is 0 Å². The minimum Gasteiger partial charge on any atom is -0.481 e. The molecule has 1 heterocycles. The lowest BCUT2D eigenvalue weighted by Crippen LogP contribution is -1.97. The Morgan fingerprint density at radius 2 is 2.00 bits per heavy atom. The third-order valence-corrected chi connectivity index (χ3v) is 4.88. The number of nitrogens with zero attached hydrogens (tertiary/aromatic N) is 1. The van der Waals surface area contributed by atoms with Gasteiger partial charge in [0.2, 0.25) is 0 Å². The Morgan fingerprint density at radius 1 is 1.22 bits per heavy atom. The zero-order chi connectivity index (χ0) is 16.4. The van der Waals surface area contributed by atoms with Crippen molar-refractivity contribution in [2.24, 2.45) is 0 Å². The van der Waals surface area contributed by atoms with Gasteiger partial charge in [-0.1, -0.05) is 41.4 Å². The van der Waals surface area contributed by atoms with E-state index in [2.05, 4.69) is 4.98 Å². The average molecular weight is 364 g/mol. The molecular formula is C17H11Cl2NO2S. The molecule has 3 rings (SSSR count). The quantitative estimate of drug-likeness (QED) is 0.654. The number of hydrogen-bond donors (Lipinski definition) is 1. The number of rotatable bonds is 4. The van der Waals surface area contributed by atoms with Crippen LogP contribution in [0.5, 0.6) is 0 Å². The van der Waals surface area contributed by atoms with Gasteiger partial charge < -0.3 is 5.11 Å². The van der Waals surface area contributed by atoms with Crippen LogP contribution in [-0.4, -0.2) is 16.1 Å². The molecule has 0 bridgehead atoms. The highest BCUT2D eigenvalue weighted by Crippen LogP contribution is 2.32. The van der Waals surface area contributed by atoms with Gasteiger partial charge in [-0.25, -0.2) is 4.98 Å². The Morgan fingerprint density at radius 3 is 2.70 bits per heavy atom. The normalized spacial score (nSPS) is 11.8. The average Bonchev–Trinajstić information content (AvgIpc) is 2.92. The summed E-state index contributed by atoms with van der Waals surface area (Å²) in [5, 5.41) is 10.9. The molecule has 0 radical (unpaired) electrons. The van der Waals surface area contributed by atoms with Gasteiger partial charge in [0, 0.05) is 10.0 Å². The van der Waals surface area contributed by atoms with Crippen LogP contribution in [0.4, 0.5) is 0 Å². The summed E-state index contributed by atoms with van der Waals surface area (Å²) in [5.74, 6) is -0.916. The number of thiazole rings is 1. The van der Waals surface area contributed by atoms with E-state index in [1.165, 1.54) is 11.3 Å². The summed E-state index contributed by atoms with van der Waals surface area (Å²) in [4.78, 5) is 15.7. The van der Waals surface area contributed by atoms with Crippen molar-refractivity contribution >= 4 is 62.4 Å². The zero-order valence-electron chi connectivity index (χ0n) is 11.8. The number of para-hydroxylation sites is 1. The largest absolute Gasteiger partial charge is 0.481 e. The first-order chi connectivity index (χ1) is 11.0. The molecule has 3 nitrogen and oxygen atoms in total. The van der Waals surface area contributed by atoms with Gasteiger partial charge in [-0.15, -0.1) is 11.3 Å². The first kappa shape index (κ1) is 16.0. The molecule has 0 amide bonds. The molecule has 0 atom stereocenters. The van der Waals surface area contributed by atoms with E-state index >= 15 is 0 Å². The van der Waals surface area contributed by atoms with E-state index in [-0.39, 0.29) is 6.42 Å². The van der Waals surface area contributed by atoms with E-state index in [0.717, 1.165) is 10.2 Å². The number of carboxylic acids is 1. The summed E-state index contributed by atoms with van der Waals surface area (Å²) < 4.78 is 1.01. The molecule has 0 aliphatic heterocycles. The predicted molar refractivity (Wildman–Crippen MR) is 96.2 cm³/mol. The van der Waals surface area contributed by atoms with Gasteiger partial charge in [-0.05, 0) is 41.5 Å². The van der Waals surface area contributed by atoms with Crippen LogP contribution in [0.25, 0.3) is 21.9 Å². The maximum atomic E-state index is 11.2. The summed E-state index contributed by atoms with van der Waals surface area (Å²) in [5.41, 5.74) is 2.18. The second-order valence-electron chi connectivity index (χ2n) is 4.89. The zero-order valence-corrected chi connectivity index (χ0v) is 14.1. The van der Waals surface area contributed by atoms with Gasteiger partial charge in [0.1, 0.15) is 5.01 Å². The number of carboxylic acid groups (broad SMARTS) is 1. The van der Waals surface area contributed by atoms with Crippen LogP contribution in [0, 0.1) is 0 Å². The maximum Gasteiger partial charge on any atom is 0.307 e. The molecule has 6 heteroatoms. The molecule has 23 heavy (non-hydrogen) atoms. The molecule has 1 aromatic heterocycles. The van der Waals surface area contributed by atoms with Gasteiger partial charge in [-0.3, -0.25) is 4.79 Å². The maximum absolute atomic E-state index is 11.2. The SMILES string of the molecule is O=C(O)CC(=Cc1ccc(Cl)cc1Cl)c1nc2ccccc2s1. The number of halogens is 2. The molecule has 0 fully saturated rings. The number of fused-ring (bicyclic) bond motifs is 1. The molecule has 3 aromatic rings. The fraction of sp³-hybridized carbons (Fsp3) is 0.0588. The number of hydrogen-bond acceptors (Lipinski definition) is 3. The van der Waals surface area contributed by atoms with E-state index < -0.39 is 5.97 Å². The third-order valence-electron chi connectivity index (χ3n) is 3.20. The summed E-state index contributed by atoms with van der Waals surface area (Å²) in [6, 6.07) is 12.8. The second-order valence-corrected chi connectivity index (χ2v) is 6.77. The summed E-state index contributed by atoms with van der Waals surface area (Å²) in [7, 11) is 0. The first-order valence-electron chi connectivity index (χ1n) is 6.76. The predicted octanol–water partition coefficient (Wildman–Crippen LogP) is 5.62. The molecule has 0 aliphatic carbocycles. The number of benzene rings is 2. The van der Waals surface area contributed by atoms with Crippen molar-refractivity contribution in [2.75, 3.05) is 0 Å². The van der Waals surface area contributed by atoms with Gasteiger partial charge in [0.25, 0.3) is 0 Å². The van der Waals surface area contributed by atoms with Crippen LogP contribution in [0.2, 0.25) is 10.0 Å². The number of aliphatic carboxylic acids is 1. The Kier molecular flexibility index (Phi) is 4.66. The molecular weight excluding hydrogens is 353 g/mol. The lowest BCUT2D eigenvalue weighted by Gasteiger charge is -2.04. The molecule has 1 N–H and O–H groups in total. The lowest BCUT2D eigenvalue weighted by atomic mass is 10.1. The van der Waals surface area contributed by atoms with Crippen molar-refractivity contribution < 1.29 is 9.90 Å². The van der Waals surface area contributed by atoms with Crippen molar-refractivity contribution in [1.82, 2.24) is 4.98 Å². The molecule has 0 saturated carbocycles. The van der Waals surface area contributed by atoms with Crippen molar-refractivity contribution in [2.45, 2.75) is 6.42 Å². The van der Waals surface area contributed by atoms with Crippen LogP contribution in [0.1, 0.15) is 17.0 Å². The van der Waals surface area contributed by atoms with Crippen LogP contribution >= 0.6 is 34.5 Å². The Hall–Kier alpha value is -1.88.